The van der Waals surface area contributed by atoms with E-state index in [1.54, 1.807) is 12.1 Å². The minimum atomic E-state index is -4.49. The van der Waals surface area contributed by atoms with Gasteiger partial charge in [0.15, 0.2) is 0 Å². The maximum absolute atomic E-state index is 12.9. The summed E-state index contributed by atoms with van der Waals surface area (Å²) in [6.07, 6.45) is -3.49. The quantitative estimate of drug-likeness (QED) is 0.818. The molecule has 0 aliphatic carbocycles. The highest BCUT2D eigenvalue weighted by atomic mass is 19.4. The van der Waals surface area contributed by atoms with Crippen molar-refractivity contribution in [3.63, 3.8) is 0 Å². The lowest BCUT2D eigenvalue weighted by atomic mass is 9.95. The van der Waals surface area contributed by atoms with Gasteiger partial charge in [-0.05, 0) is 36.5 Å². The van der Waals surface area contributed by atoms with E-state index in [9.17, 15) is 13.2 Å². The molecule has 0 amide bonds. The average molecular weight is 282 g/mol. The molecule has 1 fully saturated rings. The van der Waals surface area contributed by atoms with E-state index in [-0.39, 0.29) is 5.56 Å². The SMILES string of the molecule is CC(C)C1CCN(c2ccc(C#N)c(C(F)(F)F)c2)C1. The van der Waals surface area contributed by atoms with E-state index in [4.69, 9.17) is 5.26 Å². The van der Waals surface area contributed by atoms with Gasteiger partial charge in [-0.2, -0.15) is 18.4 Å². The van der Waals surface area contributed by atoms with Crippen LogP contribution in [0.15, 0.2) is 18.2 Å². The van der Waals surface area contributed by atoms with Gasteiger partial charge in [0.1, 0.15) is 0 Å². The summed E-state index contributed by atoms with van der Waals surface area (Å²) in [5.41, 5.74) is -0.606. The third kappa shape index (κ3) is 2.90. The molecule has 0 aromatic heterocycles. The monoisotopic (exact) mass is 282 g/mol. The van der Waals surface area contributed by atoms with Crippen molar-refractivity contribution in [1.29, 1.82) is 5.26 Å². The zero-order valence-electron chi connectivity index (χ0n) is 11.5. The van der Waals surface area contributed by atoms with Crippen LogP contribution in [0.4, 0.5) is 18.9 Å². The summed E-state index contributed by atoms with van der Waals surface area (Å²) in [7, 11) is 0. The summed E-state index contributed by atoms with van der Waals surface area (Å²) in [5.74, 6) is 1.04. The van der Waals surface area contributed by atoms with Crippen LogP contribution in [0.3, 0.4) is 0 Å². The maximum Gasteiger partial charge on any atom is 0.417 e. The van der Waals surface area contributed by atoms with Crippen molar-refractivity contribution in [2.45, 2.75) is 26.4 Å². The lowest BCUT2D eigenvalue weighted by Crippen LogP contribution is -2.22. The van der Waals surface area contributed by atoms with Crippen LogP contribution in [-0.2, 0) is 6.18 Å². The number of rotatable bonds is 2. The fourth-order valence-electron chi connectivity index (χ4n) is 2.63. The molecule has 0 N–H and O–H groups in total. The van der Waals surface area contributed by atoms with Crippen LogP contribution in [0.25, 0.3) is 0 Å². The van der Waals surface area contributed by atoms with Gasteiger partial charge in [-0.3, -0.25) is 0 Å². The predicted octanol–water partition coefficient (Wildman–Crippen LogP) is 4.06. The molecule has 0 saturated carbocycles. The van der Waals surface area contributed by atoms with Gasteiger partial charge in [0.25, 0.3) is 0 Å². The Bertz CT molecular complexity index is 529. The molecule has 2 rings (SSSR count). The first-order valence-corrected chi connectivity index (χ1v) is 6.69. The first-order chi connectivity index (χ1) is 9.32. The van der Waals surface area contributed by atoms with E-state index in [2.05, 4.69) is 13.8 Å². The fourth-order valence-corrected chi connectivity index (χ4v) is 2.63. The standard InChI is InChI=1S/C15H17F3N2/c1-10(2)12-5-6-20(9-12)13-4-3-11(8-19)14(7-13)15(16,17)18/h3-4,7,10,12H,5-6,9H2,1-2H3. The van der Waals surface area contributed by atoms with Crippen LogP contribution < -0.4 is 4.90 Å². The number of halogens is 3. The maximum atomic E-state index is 12.9. The minimum Gasteiger partial charge on any atom is -0.371 e. The first-order valence-electron chi connectivity index (χ1n) is 6.69. The van der Waals surface area contributed by atoms with Crippen molar-refractivity contribution >= 4 is 5.69 Å². The summed E-state index contributed by atoms with van der Waals surface area (Å²) in [4.78, 5) is 1.97. The Hall–Kier alpha value is -1.70. The van der Waals surface area contributed by atoms with Gasteiger partial charge in [0.05, 0.1) is 17.2 Å². The lowest BCUT2D eigenvalue weighted by molar-refractivity contribution is -0.137. The van der Waals surface area contributed by atoms with Gasteiger partial charge >= 0.3 is 6.18 Å². The molecule has 1 aromatic carbocycles. The smallest absolute Gasteiger partial charge is 0.371 e. The van der Waals surface area contributed by atoms with Crippen molar-refractivity contribution < 1.29 is 13.2 Å². The van der Waals surface area contributed by atoms with E-state index in [0.717, 1.165) is 25.6 Å². The zero-order valence-corrected chi connectivity index (χ0v) is 11.5. The summed E-state index contributed by atoms with van der Waals surface area (Å²) in [5, 5.41) is 8.79. The Labute approximate surface area is 116 Å². The van der Waals surface area contributed by atoms with Gasteiger partial charge < -0.3 is 4.90 Å². The number of alkyl halides is 3. The van der Waals surface area contributed by atoms with Crippen LogP contribution in [0, 0.1) is 23.2 Å². The molecule has 1 aromatic rings. The number of hydrogen-bond donors (Lipinski definition) is 0. The molecule has 1 heterocycles. The molecule has 0 radical (unpaired) electrons. The second-order valence-electron chi connectivity index (χ2n) is 5.58. The molecule has 1 aliphatic heterocycles. The molecule has 1 saturated heterocycles. The van der Waals surface area contributed by atoms with Crippen molar-refractivity contribution in [2.75, 3.05) is 18.0 Å². The second-order valence-corrected chi connectivity index (χ2v) is 5.58. The first kappa shape index (κ1) is 14.7. The summed E-state index contributed by atoms with van der Waals surface area (Å²) in [6.45, 7) is 5.81. The van der Waals surface area contributed by atoms with E-state index in [0.29, 0.717) is 17.5 Å². The predicted molar refractivity (Wildman–Crippen MR) is 71.3 cm³/mol. The lowest BCUT2D eigenvalue weighted by Gasteiger charge is -2.21. The largest absolute Gasteiger partial charge is 0.417 e. The molecular weight excluding hydrogens is 265 g/mol. The highest BCUT2D eigenvalue weighted by Gasteiger charge is 2.35. The van der Waals surface area contributed by atoms with E-state index in [1.165, 1.54) is 6.07 Å². The highest BCUT2D eigenvalue weighted by molar-refractivity contribution is 5.55. The van der Waals surface area contributed by atoms with Crippen LogP contribution in [0.1, 0.15) is 31.4 Å². The molecule has 2 nitrogen and oxygen atoms in total. The van der Waals surface area contributed by atoms with Crippen molar-refractivity contribution in [3.05, 3.63) is 29.3 Å². The molecule has 108 valence electrons. The van der Waals surface area contributed by atoms with Gasteiger partial charge in [0.2, 0.25) is 0 Å². The second kappa shape index (κ2) is 5.35. The molecule has 1 atom stereocenters. The highest BCUT2D eigenvalue weighted by Crippen LogP contribution is 2.36. The Morgan fingerprint density at radius 2 is 2.05 bits per heavy atom. The van der Waals surface area contributed by atoms with Gasteiger partial charge in [-0.15, -0.1) is 0 Å². The van der Waals surface area contributed by atoms with Crippen LogP contribution in [0.2, 0.25) is 0 Å². The fraction of sp³-hybridized carbons (Fsp3) is 0.533. The number of benzene rings is 1. The number of hydrogen-bond acceptors (Lipinski definition) is 2. The Balaban J connectivity index is 2.29. The zero-order chi connectivity index (χ0) is 14.9. The molecular formula is C15H17F3N2. The third-order valence-corrected chi connectivity index (χ3v) is 3.96. The van der Waals surface area contributed by atoms with Crippen LogP contribution >= 0.6 is 0 Å². The molecule has 1 unspecified atom stereocenters. The van der Waals surface area contributed by atoms with E-state index < -0.39 is 11.7 Å². The van der Waals surface area contributed by atoms with Crippen molar-refractivity contribution in [1.82, 2.24) is 0 Å². The third-order valence-electron chi connectivity index (χ3n) is 3.96. The van der Waals surface area contributed by atoms with Crippen LogP contribution in [-0.4, -0.2) is 13.1 Å². The normalized spacial score (nSPS) is 19.4. The molecule has 0 spiro atoms. The number of nitriles is 1. The van der Waals surface area contributed by atoms with Crippen LogP contribution in [0.5, 0.6) is 0 Å². The number of nitrogens with zero attached hydrogens (tertiary/aromatic N) is 2. The average Bonchev–Trinajstić information content (AvgIpc) is 2.86. The van der Waals surface area contributed by atoms with Gasteiger partial charge in [0, 0.05) is 18.8 Å². The van der Waals surface area contributed by atoms with Crippen molar-refractivity contribution in [2.24, 2.45) is 11.8 Å². The molecule has 1 aliphatic rings. The van der Waals surface area contributed by atoms with Crippen molar-refractivity contribution in [3.8, 4) is 6.07 Å². The van der Waals surface area contributed by atoms with E-state index >= 15 is 0 Å². The molecule has 20 heavy (non-hydrogen) atoms. The van der Waals surface area contributed by atoms with Gasteiger partial charge in [-0.25, -0.2) is 0 Å². The Morgan fingerprint density at radius 3 is 2.55 bits per heavy atom. The Morgan fingerprint density at radius 1 is 1.35 bits per heavy atom. The summed E-state index contributed by atoms with van der Waals surface area (Å²) >= 11 is 0. The molecule has 5 heteroatoms. The summed E-state index contributed by atoms with van der Waals surface area (Å²) in [6, 6.07) is 5.58. The number of anilines is 1. The molecule has 0 bridgehead atoms. The van der Waals surface area contributed by atoms with Gasteiger partial charge in [-0.1, -0.05) is 13.8 Å². The summed E-state index contributed by atoms with van der Waals surface area (Å²) < 4.78 is 38.8. The Kier molecular flexibility index (Phi) is 3.94. The topological polar surface area (TPSA) is 27.0 Å². The van der Waals surface area contributed by atoms with E-state index in [1.807, 2.05) is 4.90 Å². The minimum absolute atomic E-state index is 0.319.